The molecule has 0 fully saturated rings. The van der Waals surface area contributed by atoms with Crippen molar-refractivity contribution < 1.29 is 9.53 Å². The van der Waals surface area contributed by atoms with Crippen molar-refractivity contribution in [3.63, 3.8) is 0 Å². The number of nitrogens with one attached hydrogen (secondary N) is 2. The number of aryl methyl sites for hydroxylation is 2. The number of fused-ring (bicyclic) bond motifs is 3. The zero-order chi connectivity index (χ0) is 17.9. The molecule has 2 aromatic carbocycles. The lowest BCUT2D eigenvalue weighted by molar-refractivity contribution is 0.0955. The van der Waals surface area contributed by atoms with Gasteiger partial charge in [0.2, 0.25) is 0 Å². The molecule has 0 unspecified atom stereocenters. The number of H-pyrrole nitrogens is 1. The van der Waals surface area contributed by atoms with E-state index in [-0.39, 0.29) is 5.91 Å². The minimum Gasteiger partial charge on any atom is -0.497 e. The fourth-order valence-corrected chi connectivity index (χ4v) is 3.83. The molecular formula is C22H24N2O2. The van der Waals surface area contributed by atoms with Crippen LogP contribution in [0.15, 0.2) is 42.5 Å². The summed E-state index contributed by atoms with van der Waals surface area (Å²) in [6.07, 6.45) is 5.45. The number of aromatic amines is 1. The zero-order valence-electron chi connectivity index (χ0n) is 15.1. The Morgan fingerprint density at radius 3 is 2.73 bits per heavy atom. The van der Waals surface area contributed by atoms with Gasteiger partial charge in [-0.05, 0) is 61.4 Å². The van der Waals surface area contributed by atoms with Crippen molar-refractivity contribution in [3.8, 4) is 5.75 Å². The Labute approximate surface area is 153 Å². The van der Waals surface area contributed by atoms with Gasteiger partial charge < -0.3 is 15.0 Å². The van der Waals surface area contributed by atoms with E-state index in [0.717, 1.165) is 36.1 Å². The Kier molecular flexibility index (Phi) is 4.65. The van der Waals surface area contributed by atoms with Crippen molar-refractivity contribution in [2.24, 2.45) is 0 Å². The average Bonchev–Trinajstić information content (AvgIpc) is 3.07. The van der Waals surface area contributed by atoms with E-state index in [1.165, 1.54) is 35.0 Å². The number of amides is 1. The molecule has 0 saturated carbocycles. The Morgan fingerprint density at radius 2 is 1.92 bits per heavy atom. The fourth-order valence-electron chi connectivity index (χ4n) is 3.83. The lowest BCUT2D eigenvalue weighted by atomic mass is 9.95. The van der Waals surface area contributed by atoms with Gasteiger partial charge in [0.1, 0.15) is 5.75 Å². The van der Waals surface area contributed by atoms with E-state index in [4.69, 9.17) is 4.74 Å². The number of hydrogen-bond acceptors (Lipinski definition) is 2. The smallest absolute Gasteiger partial charge is 0.253 e. The largest absolute Gasteiger partial charge is 0.497 e. The third kappa shape index (κ3) is 3.19. The molecule has 0 atom stereocenters. The Balaban J connectivity index is 1.47. The van der Waals surface area contributed by atoms with Crippen LogP contribution in [-0.4, -0.2) is 24.5 Å². The number of hydrogen-bond donors (Lipinski definition) is 2. The lowest BCUT2D eigenvalue weighted by Gasteiger charge is -2.10. The van der Waals surface area contributed by atoms with Gasteiger partial charge in [-0.15, -0.1) is 0 Å². The van der Waals surface area contributed by atoms with E-state index in [1.807, 2.05) is 36.4 Å². The molecule has 3 aromatic rings. The second kappa shape index (κ2) is 7.24. The van der Waals surface area contributed by atoms with Crippen LogP contribution in [0.25, 0.3) is 10.9 Å². The third-order valence-corrected chi connectivity index (χ3v) is 5.24. The normalized spacial score (nSPS) is 13.4. The number of para-hydroxylation sites is 1. The second-order valence-electron chi connectivity index (χ2n) is 6.87. The van der Waals surface area contributed by atoms with Crippen LogP contribution < -0.4 is 10.1 Å². The highest BCUT2D eigenvalue weighted by molar-refractivity contribution is 6.06. The van der Waals surface area contributed by atoms with E-state index in [1.54, 1.807) is 7.11 Å². The van der Waals surface area contributed by atoms with Crippen molar-refractivity contribution in [2.45, 2.75) is 32.1 Å². The van der Waals surface area contributed by atoms with E-state index in [0.29, 0.717) is 6.54 Å². The van der Waals surface area contributed by atoms with Crippen molar-refractivity contribution in [1.82, 2.24) is 10.3 Å². The summed E-state index contributed by atoms with van der Waals surface area (Å²) < 4.78 is 5.17. The summed E-state index contributed by atoms with van der Waals surface area (Å²) in [5, 5.41) is 4.27. The molecule has 0 bridgehead atoms. The number of benzene rings is 2. The highest BCUT2D eigenvalue weighted by Crippen LogP contribution is 2.30. The summed E-state index contributed by atoms with van der Waals surface area (Å²) >= 11 is 0. The summed E-state index contributed by atoms with van der Waals surface area (Å²) in [7, 11) is 1.66. The highest BCUT2D eigenvalue weighted by atomic mass is 16.5. The van der Waals surface area contributed by atoms with Crippen molar-refractivity contribution in [3.05, 3.63) is 64.8 Å². The highest BCUT2D eigenvalue weighted by Gasteiger charge is 2.19. The summed E-state index contributed by atoms with van der Waals surface area (Å²) in [6.45, 7) is 0.613. The van der Waals surface area contributed by atoms with E-state index in [9.17, 15) is 4.79 Å². The maximum Gasteiger partial charge on any atom is 0.253 e. The van der Waals surface area contributed by atoms with Gasteiger partial charge in [-0.25, -0.2) is 0 Å². The molecule has 0 radical (unpaired) electrons. The monoisotopic (exact) mass is 348 g/mol. The molecule has 1 aromatic heterocycles. The fraction of sp³-hybridized carbons (Fsp3) is 0.318. The van der Waals surface area contributed by atoms with Gasteiger partial charge >= 0.3 is 0 Å². The number of carbonyl (C=O) groups is 1. The number of rotatable bonds is 5. The molecule has 4 heteroatoms. The standard InChI is InChI=1S/C22H24N2O2/c1-26-16-11-9-15(10-12-16)13-14-23-22(25)19-7-4-6-18-17-5-2-3-8-20(17)24-21(18)19/h4,6-7,9-12,24H,2-3,5,8,13-14H2,1H3,(H,23,25). The second-order valence-corrected chi connectivity index (χ2v) is 6.87. The molecule has 4 nitrogen and oxygen atoms in total. The van der Waals surface area contributed by atoms with Crippen LogP contribution in [-0.2, 0) is 19.3 Å². The van der Waals surface area contributed by atoms with Gasteiger partial charge in [-0.3, -0.25) is 4.79 Å². The number of carbonyl (C=O) groups excluding carboxylic acids is 1. The molecule has 0 aliphatic heterocycles. The number of methoxy groups -OCH3 is 1. The third-order valence-electron chi connectivity index (χ3n) is 5.24. The quantitative estimate of drug-likeness (QED) is 0.731. The van der Waals surface area contributed by atoms with Crippen LogP contribution in [0, 0.1) is 0 Å². The average molecular weight is 348 g/mol. The minimum absolute atomic E-state index is 0.0114. The van der Waals surface area contributed by atoms with Crippen LogP contribution in [0.3, 0.4) is 0 Å². The summed E-state index contributed by atoms with van der Waals surface area (Å²) in [6, 6.07) is 14.0. The Bertz CT molecular complexity index is 925. The van der Waals surface area contributed by atoms with Crippen LogP contribution in [0.2, 0.25) is 0 Å². The summed E-state index contributed by atoms with van der Waals surface area (Å²) in [5.41, 5.74) is 5.62. The van der Waals surface area contributed by atoms with Gasteiger partial charge in [0, 0.05) is 17.6 Å². The molecule has 134 valence electrons. The molecule has 1 amide bonds. The minimum atomic E-state index is -0.0114. The van der Waals surface area contributed by atoms with Gasteiger partial charge in [0.25, 0.3) is 5.91 Å². The van der Waals surface area contributed by atoms with Gasteiger partial charge in [0.15, 0.2) is 0 Å². The summed E-state index contributed by atoms with van der Waals surface area (Å²) in [5.74, 6) is 0.836. The molecular weight excluding hydrogens is 324 g/mol. The van der Waals surface area contributed by atoms with Gasteiger partial charge in [-0.1, -0.05) is 24.3 Å². The first kappa shape index (κ1) is 16.7. The van der Waals surface area contributed by atoms with Crippen LogP contribution in [0.5, 0.6) is 5.75 Å². The molecule has 4 rings (SSSR count). The Morgan fingerprint density at radius 1 is 1.12 bits per heavy atom. The molecule has 1 heterocycles. The Hall–Kier alpha value is -2.75. The van der Waals surface area contributed by atoms with Gasteiger partial charge in [0.05, 0.1) is 18.2 Å². The van der Waals surface area contributed by atoms with Crippen LogP contribution >= 0.6 is 0 Å². The molecule has 1 aliphatic rings. The summed E-state index contributed by atoms with van der Waals surface area (Å²) in [4.78, 5) is 16.2. The first-order chi connectivity index (χ1) is 12.8. The number of aromatic nitrogens is 1. The van der Waals surface area contributed by atoms with Crippen molar-refractivity contribution >= 4 is 16.8 Å². The molecule has 2 N–H and O–H groups in total. The van der Waals surface area contributed by atoms with Crippen molar-refractivity contribution in [2.75, 3.05) is 13.7 Å². The number of ether oxygens (including phenoxy) is 1. The van der Waals surface area contributed by atoms with Crippen LogP contribution in [0.1, 0.15) is 40.0 Å². The van der Waals surface area contributed by atoms with E-state index >= 15 is 0 Å². The lowest BCUT2D eigenvalue weighted by Crippen LogP contribution is -2.25. The SMILES string of the molecule is COc1ccc(CCNC(=O)c2cccc3c4c([nH]c23)CCCC4)cc1. The molecule has 26 heavy (non-hydrogen) atoms. The van der Waals surface area contributed by atoms with Crippen LogP contribution in [0.4, 0.5) is 0 Å². The predicted octanol–water partition coefficient (Wildman–Crippen LogP) is 4.03. The van der Waals surface area contributed by atoms with E-state index < -0.39 is 0 Å². The zero-order valence-corrected chi connectivity index (χ0v) is 15.1. The van der Waals surface area contributed by atoms with Gasteiger partial charge in [-0.2, -0.15) is 0 Å². The molecule has 1 aliphatic carbocycles. The van der Waals surface area contributed by atoms with Crippen molar-refractivity contribution in [1.29, 1.82) is 0 Å². The topological polar surface area (TPSA) is 54.1 Å². The predicted molar refractivity (Wildman–Crippen MR) is 104 cm³/mol. The first-order valence-corrected chi connectivity index (χ1v) is 9.30. The molecule has 0 spiro atoms. The maximum absolute atomic E-state index is 12.7. The molecule has 0 saturated heterocycles. The van der Waals surface area contributed by atoms with E-state index in [2.05, 4.69) is 16.4 Å². The maximum atomic E-state index is 12.7. The first-order valence-electron chi connectivity index (χ1n) is 9.30.